The Hall–Kier alpha value is 0.930. The van der Waals surface area contributed by atoms with E-state index in [9.17, 15) is 4.79 Å². The first-order valence-corrected chi connectivity index (χ1v) is 7.73. The topological polar surface area (TPSA) is 37.3 Å². The Labute approximate surface area is 94.9 Å². The van der Waals surface area contributed by atoms with Crippen molar-refractivity contribution >= 4 is 28.6 Å². The molecule has 0 aromatic heterocycles. The van der Waals surface area contributed by atoms with Crippen molar-refractivity contribution in [3.8, 4) is 0 Å². The molecule has 12 heavy (non-hydrogen) atoms. The van der Waals surface area contributed by atoms with Crippen LogP contribution in [0.2, 0.25) is 0 Å². The molecule has 3 rings (SSSR count). The van der Waals surface area contributed by atoms with Gasteiger partial charge in [0, 0.05) is 0 Å². The summed E-state index contributed by atoms with van der Waals surface area (Å²) in [6.45, 7) is 0. The van der Waals surface area contributed by atoms with E-state index in [0.717, 1.165) is 20.2 Å². The van der Waals surface area contributed by atoms with E-state index in [0.29, 0.717) is 3.42 Å². The SMILES string of the molecule is O=C(O)C1CC2CC13[I-]C3C2I. The summed E-state index contributed by atoms with van der Waals surface area (Å²) in [5.74, 6) is 0.305. The fourth-order valence-electron chi connectivity index (χ4n) is 2.85. The summed E-state index contributed by atoms with van der Waals surface area (Å²) >= 11 is 2.81. The van der Waals surface area contributed by atoms with E-state index in [2.05, 4.69) is 22.6 Å². The summed E-state index contributed by atoms with van der Waals surface area (Å²) in [6.07, 6.45) is 2.24. The van der Waals surface area contributed by atoms with Gasteiger partial charge < -0.3 is 0 Å². The average molecular weight is 391 g/mol. The van der Waals surface area contributed by atoms with Crippen LogP contribution in [-0.2, 0) is 4.79 Å². The number of alkyl halides is 3. The molecule has 2 aliphatic carbocycles. The van der Waals surface area contributed by atoms with Crippen LogP contribution in [0.4, 0.5) is 0 Å². The van der Waals surface area contributed by atoms with Crippen LogP contribution in [0.15, 0.2) is 0 Å². The van der Waals surface area contributed by atoms with Crippen molar-refractivity contribution in [1.82, 2.24) is 0 Å². The maximum absolute atomic E-state index is 10.9. The summed E-state index contributed by atoms with van der Waals surface area (Å²) in [5.41, 5.74) is 0. The van der Waals surface area contributed by atoms with Crippen molar-refractivity contribution in [3.05, 3.63) is 0 Å². The van der Waals surface area contributed by atoms with Crippen LogP contribution >= 0.6 is 22.6 Å². The third kappa shape index (κ3) is 0.790. The molecule has 4 heteroatoms. The molecule has 1 N–H and O–H groups in total. The van der Waals surface area contributed by atoms with Crippen molar-refractivity contribution in [1.29, 1.82) is 0 Å². The van der Waals surface area contributed by atoms with Crippen LogP contribution in [-0.4, -0.2) is 22.3 Å². The zero-order chi connectivity index (χ0) is 8.51. The number of carbonyl (C=O) groups is 1. The molecule has 5 atom stereocenters. The number of carboxylic acids is 1. The van der Waals surface area contributed by atoms with E-state index in [1.54, 1.807) is 0 Å². The zero-order valence-electron chi connectivity index (χ0n) is 6.34. The minimum absolute atomic E-state index is 0.0614. The fraction of sp³-hybridized carbons (Fsp3) is 0.875. The molecule has 0 amide bonds. The Bertz CT molecular complexity index is 266. The van der Waals surface area contributed by atoms with Gasteiger partial charge in [-0.05, 0) is 0 Å². The molecule has 1 saturated heterocycles. The van der Waals surface area contributed by atoms with Crippen molar-refractivity contribution in [2.45, 2.75) is 24.1 Å². The van der Waals surface area contributed by atoms with Gasteiger partial charge in [0.1, 0.15) is 0 Å². The molecular weight excluding hydrogens is 382 g/mol. The molecule has 68 valence electrons. The first-order chi connectivity index (χ1) is 5.65. The van der Waals surface area contributed by atoms with Gasteiger partial charge in [0.15, 0.2) is 0 Å². The van der Waals surface area contributed by atoms with Crippen LogP contribution in [0, 0.1) is 11.8 Å². The van der Waals surface area contributed by atoms with Crippen molar-refractivity contribution in [2.75, 3.05) is 0 Å². The van der Waals surface area contributed by atoms with E-state index in [1.807, 2.05) is 0 Å². The number of fused-ring (bicyclic) bond motifs is 1. The predicted molar refractivity (Wildman–Crippen MR) is 48.2 cm³/mol. The number of hydrogen-bond donors (Lipinski definition) is 1. The first-order valence-electron chi connectivity index (χ1n) is 4.16. The number of hydrogen-bond acceptors (Lipinski definition) is 1. The van der Waals surface area contributed by atoms with Gasteiger partial charge in [-0.1, -0.05) is 0 Å². The molecule has 0 aromatic rings. The molecular formula is C8H9I2O2-. The first kappa shape index (κ1) is 8.26. The number of carboxylic acid groups (broad SMARTS) is 1. The molecule has 5 unspecified atom stereocenters. The van der Waals surface area contributed by atoms with Gasteiger partial charge in [0.2, 0.25) is 0 Å². The zero-order valence-corrected chi connectivity index (χ0v) is 10.7. The summed E-state index contributed by atoms with van der Waals surface area (Å²) < 4.78 is 2.10. The summed E-state index contributed by atoms with van der Waals surface area (Å²) in [7, 11) is 0. The molecule has 2 saturated carbocycles. The Morgan fingerprint density at radius 3 is 2.92 bits per heavy atom. The minimum atomic E-state index is -0.511. The van der Waals surface area contributed by atoms with E-state index in [1.165, 1.54) is 6.42 Å². The van der Waals surface area contributed by atoms with Crippen LogP contribution in [0.1, 0.15) is 12.8 Å². The van der Waals surface area contributed by atoms with Gasteiger partial charge in [-0.2, -0.15) is 0 Å². The molecule has 0 aromatic carbocycles. The third-order valence-electron chi connectivity index (χ3n) is 3.45. The van der Waals surface area contributed by atoms with Crippen LogP contribution < -0.4 is 21.2 Å². The van der Waals surface area contributed by atoms with Crippen LogP contribution in [0.3, 0.4) is 0 Å². The average Bonchev–Trinajstić information content (AvgIpc) is 2.48. The van der Waals surface area contributed by atoms with E-state index in [-0.39, 0.29) is 27.1 Å². The molecule has 1 heterocycles. The van der Waals surface area contributed by atoms with E-state index in [4.69, 9.17) is 5.11 Å². The second-order valence-corrected chi connectivity index (χ2v) is 9.38. The van der Waals surface area contributed by atoms with E-state index < -0.39 is 5.97 Å². The molecule has 1 aliphatic heterocycles. The van der Waals surface area contributed by atoms with Crippen LogP contribution in [0.25, 0.3) is 0 Å². The number of halogens is 2. The van der Waals surface area contributed by atoms with Gasteiger partial charge >= 0.3 is 95.6 Å². The van der Waals surface area contributed by atoms with Gasteiger partial charge in [0.25, 0.3) is 0 Å². The quantitative estimate of drug-likeness (QED) is 0.420. The van der Waals surface area contributed by atoms with Crippen molar-refractivity contribution in [3.63, 3.8) is 0 Å². The van der Waals surface area contributed by atoms with Crippen LogP contribution in [0.5, 0.6) is 0 Å². The standard InChI is InChI=1S/C8H9I2O2/c9-5-3-1-4(7(11)12)8(2-3)6(5)10-8/h3-6H,1-2H2,(H,11,12)/q-1. The molecule has 3 aliphatic rings. The Balaban J connectivity index is 1.94. The Kier molecular flexibility index (Phi) is 1.58. The molecule has 1 spiro atoms. The van der Waals surface area contributed by atoms with Gasteiger partial charge in [-0.25, -0.2) is 0 Å². The Morgan fingerprint density at radius 1 is 1.67 bits per heavy atom. The number of aliphatic carboxylic acids is 1. The second-order valence-electron chi connectivity index (χ2n) is 3.97. The normalized spacial score (nSPS) is 60.8. The molecule has 3 fully saturated rings. The van der Waals surface area contributed by atoms with Gasteiger partial charge in [0.05, 0.1) is 0 Å². The molecule has 2 bridgehead atoms. The number of rotatable bonds is 1. The monoisotopic (exact) mass is 391 g/mol. The molecule has 0 radical (unpaired) electrons. The maximum atomic E-state index is 10.9. The molecule has 2 nitrogen and oxygen atoms in total. The summed E-state index contributed by atoms with van der Waals surface area (Å²) in [5, 5.41) is 9.03. The second kappa shape index (κ2) is 2.29. The van der Waals surface area contributed by atoms with Gasteiger partial charge in [-0.3, -0.25) is 0 Å². The van der Waals surface area contributed by atoms with Crippen molar-refractivity contribution in [2.24, 2.45) is 11.8 Å². The fourth-order valence-corrected chi connectivity index (χ4v) is 10.5. The van der Waals surface area contributed by atoms with Gasteiger partial charge in [-0.15, -0.1) is 0 Å². The predicted octanol–water partition coefficient (Wildman–Crippen LogP) is -1.88. The Morgan fingerprint density at radius 2 is 2.42 bits per heavy atom. The van der Waals surface area contributed by atoms with E-state index >= 15 is 0 Å². The summed E-state index contributed by atoms with van der Waals surface area (Å²) in [4.78, 5) is 10.9. The van der Waals surface area contributed by atoms with Crippen molar-refractivity contribution < 1.29 is 31.1 Å². The summed E-state index contributed by atoms with van der Waals surface area (Å²) in [6, 6.07) is 0. The third-order valence-corrected chi connectivity index (χ3v) is 11.5.